The zero-order chi connectivity index (χ0) is 29.0. The Labute approximate surface area is 241 Å². The molecule has 2 aliphatic rings. The lowest BCUT2D eigenvalue weighted by molar-refractivity contribution is 0.256. The first-order chi connectivity index (χ1) is 20.4. The van der Waals surface area contributed by atoms with E-state index >= 15 is 0 Å². The number of carbonyl (C=O) groups excluding carboxylic acids is 1. The summed E-state index contributed by atoms with van der Waals surface area (Å²) in [5.74, 6) is 2.26. The number of allylic oxidation sites excluding steroid dienone is 1. The maximum absolute atomic E-state index is 12.1. The van der Waals surface area contributed by atoms with Crippen LogP contribution in [-0.2, 0) is 0 Å². The number of amides is 2. The van der Waals surface area contributed by atoms with Crippen LogP contribution in [0, 0.1) is 27.7 Å². The van der Waals surface area contributed by atoms with Crippen molar-refractivity contribution in [1.29, 1.82) is 0 Å². The number of hydrogen-bond acceptors (Lipinski definition) is 7. The third-order valence-corrected chi connectivity index (χ3v) is 7.53. The molecule has 0 radical (unpaired) electrons. The normalized spacial score (nSPS) is 14.3. The van der Waals surface area contributed by atoms with Gasteiger partial charge in [-0.1, -0.05) is 48.5 Å². The molecular weight excluding hydrogens is 524 g/mol. The molecule has 0 saturated carbocycles. The van der Waals surface area contributed by atoms with Crippen LogP contribution in [-0.4, -0.2) is 32.4 Å². The van der Waals surface area contributed by atoms with Crippen LogP contribution in [0.1, 0.15) is 27.8 Å². The van der Waals surface area contributed by atoms with Crippen LogP contribution >= 0.6 is 0 Å². The maximum atomic E-state index is 12.1. The van der Waals surface area contributed by atoms with Crippen LogP contribution in [0.15, 0.2) is 88.7 Å². The van der Waals surface area contributed by atoms with E-state index in [1.54, 1.807) is 6.20 Å². The van der Waals surface area contributed by atoms with E-state index in [9.17, 15) is 4.79 Å². The zero-order valence-electron chi connectivity index (χ0n) is 23.6. The number of urea groups is 1. The van der Waals surface area contributed by atoms with E-state index in [1.165, 1.54) is 6.21 Å². The van der Waals surface area contributed by atoms with Gasteiger partial charge in [-0.3, -0.25) is 9.80 Å². The highest BCUT2D eigenvalue weighted by atomic mass is 16.2. The van der Waals surface area contributed by atoms with Gasteiger partial charge in [0.1, 0.15) is 16.5 Å². The van der Waals surface area contributed by atoms with Crippen LogP contribution in [0.3, 0.4) is 0 Å². The van der Waals surface area contributed by atoms with Gasteiger partial charge in [-0.25, -0.2) is 14.8 Å². The molecular formula is C33H26N8O. The van der Waals surface area contributed by atoms with Gasteiger partial charge in [0.05, 0.1) is 28.6 Å². The fourth-order valence-electron chi connectivity index (χ4n) is 5.65. The molecule has 9 heteroatoms. The molecule has 0 unspecified atom stereocenters. The van der Waals surface area contributed by atoms with Crippen molar-refractivity contribution in [2.75, 3.05) is 9.80 Å². The summed E-state index contributed by atoms with van der Waals surface area (Å²) in [7, 11) is 0. The molecule has 2 aliphatic heterocycles. The summed E-state index contributed by atoms with van der Waals surface area (Å²) in [6.07, 6.45) is 6.84. The number of anilines is 4. The Bertz CT molecular complexity index is 1990. The second-order valence-electron chi connectivity index (χ2n) is 10.4. The Hall–Kier alpha value is -5.57. The molecule has 204 valence electrons. The summed E-state index contributed by atoms with van der Waals surface area (Å²) in [6, 6.07) is 19.9. The Morgan fingerprint density at radius 3 is 1.79 bits per heavy atom. The number of aromatic nitrogens is 4. The minimum Gasteiger partial charge on any atom is -0.276 e. The van der Waals surface area contributed by atoms with Gasteiger partial charge in [-0.15, -0.1) is 5.10 Å². The number of carbonyl (C=O) groups is 1. The highest BCUT2D eigenvalue weighted by molar-refractivity contribution is 5.96. The summed E-state index contributed by atoms with van der Waals surface area (Å²) in [5, 5.41) is 9.36. The predicted molar refractivity (Wildman–Crippen MR) is 164 cm³/mol. The van der Waals surface area contributed by atoms with Gasteiger partial charge in [0.2, 0.25) is 0 Å². The molecule has 0 atom stereocenters. The largest absolute Gasteiger partial charge is 0.367 e. The van der Waals surface area contributed by atoms with Crippen LogP contribution in [0.5, 0.6) is 0 Å². The Kier molecular flexibility index (Phi) is 5.93. The van der Waals surface area contributed by atoms with Gasteiger partial charge >= 0.3 is 6.03 Å². The van der Waals surface area contributed by atoms with Crippen molar-refractivity contribution < 1.29 is 4.79 Å². The van der Waals surface area contributed by atoms with Gasteiger partial charge in [0.25, 0.3) is 0 Å². The standard InChI is InChI=1S/C33H26N8O/c1-19-9-7-10-20(2)29(19)40-27(16-15-26-28-23(18-35-39-26)17-34-33(42)38-28)41(30-21(3)11-8-12-22(30)4)32-31(40)36-24-13-5-6-14-25(24)37-32/h5-18H,1-4H3/b26-15+. The fraction of sp³-hybridized carbons (Fsp3) is 0.121. The summed E-state index contributed by atoms with van der Waals surface area (Å²) in [6.45, 7) is 8.40. The minimum absolute atomic E-state index is 0.441. The SMILES string of the molecule is Cc1cccc(C)c1N1C(=C/C=c2/nncc3c2=NC(=O)N=C3)N(c2c(C)cccc2C)c2nc3ccccc3nc21. The topological polar surface area (TPSA) is 99.8 Å². The fourth-order valence-corrected chi connectivity index (χ4v) is 5.65. The second kappa shape index (κ2) is 9.81. The molecule has 4 heterocycles. The summed E-state index contributed by atoms with van der Waals surface area (Å²) >= 11 is 0. The number of nitrogens with zero attached hydrogens (tertiary/aromatic N) is 8. The van der Waals surface area contributed by atoms with E-state index in [0.29, 0.717) is 16.3 Å². The minimum atomic E-state index is -0.569. The number of fused-ring (bicyclic) bond motifs is 3. The highest BCUT2D eigenvalue weighted by Crippen LogP contribution is 2.50. The van der Waals surface area contributed by atoms with Crippen molar-refractivity contribution in [3.63, 3.8) is 0 Å². The maximum Gasteiger partial charge on any atom is 0.367 e. The molecule has 0 N–H and O–H groups in total. The average molecular weight is 551 g/mol. The predicted octanol–water partition coefficient (Wildman–Crippen LogP) is 5.44. The Morgan fingerprint density at radius 1 is 0.690 bits per heavy atom. The first kappa shape index (κ1) is 25.4. The van der Waals surface area contributed by atoms with E-state index in [4.69, 9.17) is 9.97 Å². The molecule has 0 saturated heterocycles. The van der Waals surface area contributed by atoms with Crippen LogP contribution in [0.25, 0.3) is 17.1 Å². The molecule has 7 rings (SSSR count). The molecule has 5 aromatic rings. The molecule has 3 aromatic carbocycles. The highest BCUT2D eigenvalue weighted by Gasteiger charge is 2.38. The van der Waals surface area contributed by atoms with Gasteiger partial charge in [0.15, 0.2) is 11.6 Å². The van der Waals surface area contributed by atoms with Gasteiger partial charge in [-0.05, 0) is 74.2 Å². The Balaban J connectivity index is 1.59. The molecule has 0 bridgehead atoms. The molecule has 42 heavy (non-hydrogen) atoms. The summed E-state index contributed by atoms with van der Waals surface area (Å²) < 4.78 is 0. The second-order valence-corrected chi connectivity index (χ2v) is 10.4. The molecule has 0 spiro atoms. The van der Waals surface area contributed by atoms with Gasteiger partial charge < -0.3 is 0 Å². The van der Waals surface area contributed by atoms with Crippen molar-refractivity contribution in [2.45, 2.75) is 27.7 Å². The lowest BCUT2D eigenvalue weighted by Gasteiger charge is -2.28. The van der Waals surface area contributed by atoms with E-state index < -0.39 is 6.03 Å². The third-order valence-electron chi connectivity index (χ3n) is 7.53. The molecule has 2 aromatic heterocycles. The van der Waals surface area contributed by atoms with Crippen molar-refractivity contribution in [2.24, 2.45) is 9.98 Å². The smallest absolute Gasteiger partial charge is 0.276 e. The van der Waals surface area contributed by atoms with E-state index in [1.807, 2.05) is 36.4 Å². The van der Waals surface area contributed by atoms with Crippen molar-refractivity contribution in [3.05, 3.63) is 117 Å². The number of benzene rings is 3. The average Bonchev–Trinajstić information content (AvgIpc) is 3.27. The lowest BCUT2D eigenvalue weighted by atomic mass is 10.1. The van der Waals surface area contributed by atoms with Crippen molar-refractivity contribution in [1.82, 2.24) is 20.2 Å². The van der Waals surface area contributed by atoms with Crippen LogP contribution in [0.4, 0.5) is 27.8 Å². The quantitative estimate of drug-likeness (QED) is 0.295. The van der Waals surface area contributed by atoms with Crippen molar-refractivity contribution in [3.8, 4) is 0 Å². The summed E-state index contributed by atoms with van der Waals surface area (Å²) in [5.41, 5.74) is 8.67. The number of aliphatic imine (C=N–C) groups is 1. The van der Waals surface area contributed by atoms with Crippen LogP contribution in [0.2, 0.25) is 0 Å². The lowest BCUT2D eigenvalue weighted by Crippen LogP contribution is -2.35. The van der Waals surface area contributed by atoms with Gasteiger partial charge in [0, 0.05) is 11.8 Å². The molecule has 0 aliphatic carbocycles. The van der Waals surface area contributed by atoms with Gasteiger partial charge in [-0.2, -0.15) is 15.1 Å². The number of aryl methyl sites for hydroxylation is 4. The zero-order valence-corrected chi connectivity index (χ0v) is 23.6. The number of hydrogen-bond donors (Lipinski definition) is 0. The third kappa shape index (κ3) is 4.05. The first-order valence-corrected chi connectivity index (χ1v) is 13.6. The first-order valence-electron chi connectivity index (χ1n) is 13.6. The van der Waals surface area contributed by atoms with E-state index in [-0.39, 0.29) is 0 Å². The summed E-state index contributed by atoms with van der Waals surface area (Å²) in [4.78, 5) is 34.6. The molecule has 2 amide bonds. The number of rotatable bonds is 3. The van der Waals surface area contributed by atoms with E-state index in [0.717, 1.165) is 62.1 Å². The number of para-hydroxylation sites is 4. The van der Waals surface area contributed by atoms with Crippen molar-refractivity contribution >= 4 is 52.4 Å². The molecule has 0 fully saturated rings. The molecule has 9 nitrogen and oxygen atoms in total. The Morgan fingerprint density at radius 2 is 1.24 bits per heavy atom. The van der Waals surface area contributed by atoms with E-state index in [2.05, 4.69) is 94.1 Å². The van der Waals surface area contributed by atoms with Crippen LogP contribution < -0.4 is 20.5 Å². The monoisotopic (exact) mass is 550 g/mol.